The van der Waals surface area contributed by atoms with Crippen molar-refractivity contribution in [1.82, 2.24) is 4.90 Å². The highest BCUT2D eigenvalue weighted by Crippen LogP contribution is 2.60. The highest BCUT2D eigenvalue weighted by molar-refractivity contribution is 6.31. The predicted octanol–water partition coefficient (Wildman–Crippen LogP) is 3.30. The summed E-state index contributed by atoms with van der Waals surface area (Å²) in [5, 5.41) is 0.787. The lowest BCUT2D eigenvalue weighted by Gasteiger charge is -2.20. The Labute approximate surface area is 118 Å². The van der Waals surface area contributed by atoms with Gasteiger partial charge in [-0.1, -0.05) is 18.5 Å². The summed E-state index contributed by atoms with van der Waals surface area (Å²) in [4.78, 5) is 2.53. The number of halogens is 1. The van der Waals surface area contributed by atoms with Gasteiger partial charge in [0, 0.05) is 30.7 Å². The van der Waals surface area contributed by atoms with Gasteiger partial charge >= 0.3 is 0 Å². The lowest BCUT2D eigenvalue weighted by molar-refractivity contribution is 0.174. The van der Waals surface area contributed by atoms with Gasteiger partial charge in [0.05, 0.1) is 0 Å². The molecule has 0 radical (unpaired) electrons. The minimum absolute atomic E-state index is 0.305. The minimum Gasteiger partial charge on any atom is -0.454 e. The second-order valence-corrected chi connectivity index (χ2v) is 6.49. The van der Waals surface area contributed by atoms with Crippen LogP contribution in [0.3, 0.4) is 0 Å². The third-order valence-electron chi connectivity index (χ3n) is 5.02. The first-order valence-corrected chi connectivity index (χ1v) is 7.38. The summed E-state index contributed by atoms with van der Waals surface area (Å²) in [6.07, 6.45) is 2.73. The first-order chi connectivity index (χ1) is 9.20. The van der Waals surface area contributed by atoms with E-state index in [9.17, 15) is 0 Å². The fourth-order valence-electron chi connectivity index (χ4n) is 3.69. The van der Waals surface area contributed by atoms with Crippen LogP contribution in [-0.4, -0.2) is 24.8 Å². The average molecular weight is 280 g/mol. The summed E-state index contributed by atoms with van der Waals surface area (Å²) in [6.45, 7) is 5.99. The lowest BCUT2D eigenvalue weighted by atomic mass is 10.0. The van der Waals surface area contributed by atoms with Gasteiger partial charge in [-0.2, -0.15) is 0 Å². The van der Waals surface area contributed by atoms with Gasteiger partial charge in [0.2, 0.25) is 6.79 Å². The van der Waals surface area contributed by atoms with E-state index in [1.807, 2.05) is 12.1 Å². The quantitative estimate of drug-likeness (QED) is 0.847. The highest BCUT2D eigenvalue weighted by atomic mass is 35.5. The Bertz CT molecular complexity index is 529. The van der Waals surface area contributed by atoms with Crippen molar-refractivity contribution in [3.8, 4) is 11.5 Å². The maximum absolute atomic E-state index is 6.34. The Balaban J connectivity index is 1.52. The van der Waals surface area contributed by atoms with Gasteiger partial charge in [0.15, 0.2) is 11.5 Å². The molecule has 2 fully saturated rings. The van der Waals surface area contributed by atoms with Gasteiger partial charge in [-0.3, -0.25) is 4.90 Å². The summed E-state index contributed by atoms with van der Waals surface area (Å²) in [7, 11) is 0. The molecular formula is C15H18ClNO2. The molecule has 19 heavy (non-hydrogen) atoms. The fraction of sp³-hybridized carbons (Fsp3) is 0.600. The summed E-state index contributed by atoms with van der Waals surface area (Å²) in [5.74, 6) is 2.52. The molecule has 2 heterocycles. The van der Waals surface area contributed by atoms with E-state index >= 15 is 0 Å². The number of hydrogen-bond donors (Lipinski definition) is 0. The van der Waals surface area contributed by atoms with Crippen molar-refractivity contribution < 1.29 is 9.47 Å². The normalized spacial score (nSPS) is 31.6. The first-order valence-electron chi connectivity index (χ1n) is 7.00. The van der Waals surface area contributed by atoms with Crippen LogP contribution in [0.15, 0.2) is 12.1 Å². The highest BCUT2D eigenvalue weighted by Gasteiger charge is 2.57. The molecule has 2 aliphatic heterocycles. The molecular weight excluding hydrogens is 262 g/mol. The zero-order valence-corrected chi connectivity index (χ0v) is 11.9. The number of fused-ring (bicyclic) bond motifs is 2. The zero-order chi connectivity index (χ0) is 13.0. The van der Waals surface area contributed by atoms with Crippen LogP contribution < -0.4 is 9.47 Å². The third-order valence-corrected chi connectivity index (χ3v) is 5.37. The molecule has 4 rings (SSSR count). The van der Waals surface area contributed by atoms with E-state index in [2.05, 4.69) is 11.8 Å². The molecule has 2 atom stereocenters. The van der Waals surface area contributed by atoms with Crippen LogP contribution in [0.4, 0.5) is 0 Å². The molecule has 1 aromatic carbocycles. The van der Waals surface area contributed by atoms with Crippen LogP contribution in [0.25, 0.3) is 0 Å². The molecule has 1 aliphatic carbocycles. The molecule has 3 nitrogen and oxygen atoms in total. The summed E-state index contributed by atoms with van der Waals surface area (Å²) in [6, 6.07) is 3.92. The summed E-state index contributed by atoms with van der Waals surface area (Å²) < 4.78 is 10.8. The molecule has 1 aromatic rings. The molecule has 1 saturated carbocycles. The Kier molecular flexibility index (Phi) is 2.52. The molecule has 0 spiro atoms. The second-order valence-electron chi connectivity index (χ2n) is 6.08. The third kappa shape index (κ3) is 1.83. The Morgan fingerprint density at radius 3 is 2.89 bits per heavy atom. The Morgan fingerprint density at radius 1 is 1.37 bits per heavy atom. The largest absolute Gasteiger partial charge is 0.454 e. The molecule has 3 aliphatic rings. The molecule has 0 amide bonds. The molecule has 0 aromatic heterocycles. The molecule has 102 valence electrons. The van der Waals surface area contributed by atoms with Crippen LogP contribution >= 0.6 is 11.6 Å². The SMILES string of the molecule is CCC12CC1CN(Cc1cc3c(cc1Cl)OCO3)C2. The summed E-state index contributed by atoms with van der Waals surface area (Å²) in [5.41, 5.74) is 1.78. The lowest BCUT2D eigenvalue weighted by Crippen LogP contribution is -2.24. The molecule has 2 unspecified atom stereocenters. The number of hydrogen-bond acceptors (Lipinski definition) is 3. The van der Waals surface area contributed by atoms with E-state index in [0.717, 1.165) is 34.5 Å². The Morgan fingerprint density at radius 2 is 2.16 bits per heavy atom. The molecule has 0 bridgehead atoms. The second kappa shape index (κ2) is 4.03. The summed E-state index contributed by atoms with van der Waals surface area (Å²) >= 11 is 6.34. The van der Waals surface area contributed by atoms with Gasteiger partial charge in [0.25, 0.3) is 0 Å². The monoisotopic (exact) mass is 279 g/mol. The predicted molar refractivity (Wildman–Crippen MR) is 73.7 cm³/mol. The fourth-order valence-corrected chi connectivity index (χ4v) is 3.91. The molecule has 1 saturated heterocycles. The van der Waals surface area contributed by atoms with E-state index in [0.29, 0.717) is 12.2 Å². The van der Waals surface area contributed by atoms with Crippen molar-refractivity contribution in [2.24, 2.45) is 11.3 Å². The zero-order valence-electron chi connectivity index (χ0n) is 11.1. The van der Waals surface area contributed by atoms with Crippen LogP contribution in [0, 0.1) is 11.3 Å². The number of piperidine rings is 1. The van der Waals surface area contributed by atoms with E-state index in [4.69, 9.17) is 21.1 Å². The van der Waals surface area contributed by atoms with Crippen LogP contribution in [0.1, 0.15) is 25.3 Å². The Hall–Kier alpha value is -0.930. The van der Waals surface area contributed by atoms with Crippen molar-refractivity contribution in [2.75, 3.05) is 19.9 Å². The topological polar surface area (TPSA) is 21.7 Å². The van der Waals surface area contributed by atoms with Gasteiger partial charge < -0.3 is 9.47 Å². The minimum atomic E-state index is 0.305. The molecule has 0 N–H and O–H groups in total. The van der Waals surface area contributed by atoms with Crippen LogP contribution in [0.2, 0.25) is 5.02 Å². The van der Waals surface area contributed by atoms with Crippen LogP contribution in [-0.2, 0) is 6.54 Å². The van der Waals surface area contributed by atoms with Crippen molar-refractivity contribution in [2.45, 2.75) is 26.3 Å². The van der Waals surface area contributed by atoms with Gasteiger partial charge in [-0.25, -0.2) is 0 Å². The number of ether oxygens (including phenoxy) is 2. The van der Waals surface area contributed by atoms with Crippen molar-refractivity contribution in [3.05, 3.63) is 22.7 Å². The van der Waals surface area contributed by atoms with Crippen molar-refractivity contribution in [1.29, 1.82) is 0 Å². The standard InChI is InChI=1S/C15H18ClNO2/c1-2-15-5-11(15)7-17(8-15)6-10-3-13-14(4-12(10)16)19-9-18-13/h3-4,11H,2,5-9H2,1H3. The number of rotatable bonds is 3. The number of nitrogens with zero attached hydrogens (tertiary/aromatic N) is 1. The van der Waals surface area contributed by atoms with E-state index in [1.165, 1.54) is 25.9 Å². The van der Waals surface area contributed by atoms with Crippen molar-refractivity contribution in [3.63, 3.8) is 0 Å². The average Bonchev–Trinajstić information content (AvgIpc) is 2.74. The van der Waals surface area contributed by atoms with E-state index in [-0.39, 0.29) is 0 Å². The van der Waals surface area contributed by atoms with Gasteiger partial charge in [0.1, 0.15) is 0 Å². The van der Waals surface area contributed by atoms with Crippen molar-refractivity contribution >= 4 is 11.6 Å². The first kappa shape index (κ1) is 11.9. The van der Waals surface area contributed by atoms with Gasteiger partial charge in [-0.05, 0) is 35.8 Å². The molecule has 4 heteroatoms. The van der Waals surface area contributed by atoms with Gasteiger partial charge in [-0.15, -0.1) is 0 Å². The van der Waals surface area contributed by atoms with E-state index < -0.39 is 0 Å². The van der Waals surface area contributed by atoms with Crippen LogP contribution in [0.5, 0.6) is 11.5 Å². The number of benzene rings is 1. The number of likely N-dealkylation sites (tertiary alicyclic amines) is 1. The van der Waals surface area contributed by atoms with E-state index in [1.54, 1.807) is 0 Å². The maximum atomic E-state index is 6.34. The smallest absolute Gasteiger partial charge is 0.231 e. The maximum Gasteiger partial charge on any atom is 0.231 e.